The molecule has 0 spiro atoms. The lowest BCUT2D eigenvalue weighted by Gasteiger charge is -2.11. The predicted octanol–water partition coefficient (Wildman–Crippen LogP) is 2.44. The first kappa shape index (κ1) is 9.99. The van der Waals surface area contributed by atoms with Crippen LogP contribution in [-0.2, 0) is 4.74 Å². The van der Waals surface area contributed by atoms with Gasteiger partial charge in [-0.1, -0.05) is 11.6 Å². The quantitative estimate of drug-likeness (QED) is 0.820. The minimum absolute atomic E-state index is 0.104. The highest BCUT2D eigenvalue weighted by atomic mass is 35.5. The molecule has 0 amide bonds. The Morgan fingerprint density at radius 2 is 2.42 bits per heavy atom. The van der Waals surface area contributed by atoms with E-state index in [0.717, 1.165) is 15.6 Å². The Morgan fingerprint density at radius 1 is 1.67 bits per heavy atom. The van der Waals surface area contributed by atoms with Crippen LogP contribution in [0.4, 0.5) is 0 Å². The van der Waals surface area contributed by atoms with Crippen LogP contribution in [0.3, 0.4) is 0 Å². The Hall–Kier alpha value is -0.0900. The molecule has 0 saturated carbocycles. The van der Waals surface area contributed by atoms with Gasteiger partial charge in [-0.05, 0) is 25.1 Å². The molecule has 1 aromatic rings. The molecule has 0 aromatic carbocycles. The fraction of sp³-hybridized carbons (Fsp3) is 0.500. The Morgan fingerprint density at radius 3 is 2.83 bits per heavy atom. The summed E-state index contributed by atoms with van der Waals surface area (Å²) in [5.41, 5.74) is 5.44. The van der Waals surface area contributed by atoms with Gasteiger partial charge in [-0.3, -0.25) is 0 Å². The number of nitrogens with two attached hydrogens (primary N) is 1. The van der Waals surface area contributed by atoms with Crippen LogP contribution in [0, 0.1) is 0 Å². The summed E-state index contributed by atoms with van der Waals surface area (Å²) in [4.78, 5) is 1.15. The number of ether oxygens (including phenoxy) is 1. The second-order valence-corrected chi connectivity index (χ2v) is 4.19. The van der Waals surface area contributed by atoms with Gasteiger partial charge in [-0.25, -0.2) is 0 Å². The maximum absolute atomic E-state index is 5.79. The van der Waals surface area contributed by atoms with Crippen molar-refractivity contribution < 1.29 is 4.74 Å². The minimum Gasteiger partial charge on any atom is -0.376 e. The van der Waals surface area contributed by atoms with Crippen molar-refractivity contribution in [1.82, 2.24) is 0 Å². The molecule has 0 aliphatic heterocycles. The molecular weight excluding hydrogens is 194 g/mol. The van der Waals surface area contributed by atoms with E-state index in [1.165, 1.54) is 0 Å². The third-order valence-electron chi connectivity index (χ3n) is 1.62. The Kier molecular flexibility index (Phi) is 4.01. The highest BCUT2D eigenvalue weighted by Crippen LogP contribution is 2.30. The molecule has 0 radical (unpaired) electrons. The lowest BCUT2D eigenvalue weighted by Crippen LogP contribution is -2.07. The molecule has 1 heterocycles. The van der Waals surface area contributed by atoms with E-state index in [-0.39, 0.29) is 6.10 Å². The summed E-state index contributed by atoms with van der Waals surface area (Å²) < 4.78 is 6.06. The van der Waals surface area contributed by atoms with Gasteiger partial charge in [0.1, 0.15) is 0 Å². The SMILES string of the molecule is COC(CCN)c1ccc(Cl)s1. The number of thiophene rings is 1. The molecule has 1 rings (SSSR count). The number of hydrogen-bond acceptors (Lipinski definition) is 3. The van der Waals surface area contributed by atoms with Gasteiger partial charge in [0.05, 0.1) is 10.4 Å². The predicted molar refractivity (Wildman–Crippen MR) is 52.8 cm³/mol. The normalized spacial score (nSPS) is 13.2. The molecule has 68 valence electrons. The van der Waals surface area contributed by atoms with Gasteiger partial charge in [-0.15, -0.1) is 11.3 Å². The average molecular weight is 206 g/mol. The fourth-order valence-electron chi connectivity index (χ4n) is 1.03. The Labute approximate surface area is 81.3 Å². The largest absolute Gasteiger partial charge is 0.376 e. The molecule has 0 aliphatic carbocycles. The smallest absolute Gasteiger partial charge is 0.0932 e. The summed E-state index contributed by atoms with van der Waals surface area (Å²) in [5.74, 6) is 0. The molecule has 1 unspecified atom stereocenters. The summed E-state index contributed by atoms with van der Waals surface area (Å²) in [6.45, 7) is 0.633. The van der Waals surface area contributed by atoms with Crippen LogP contribution in [0.2, 0.25) is 4.34 Å². The lowest BCUT2D eigenvalue weighted by molar-refractivity contribution is 0.101. The molecule has 4 heteroatoms. The maximum atomic E-state index is 5.79. The van der Waals surface area contributed by atoms with Crippen molar-refractivity contribution in [2.24, 2.45) is 5.73 Å². The van der Waals surface area contributed by atoms with Crippen molar-refractivity contribution in [3.63, 3.8) is 0 Å². The van der Waals surface area contributed by atoms with E-state index in [1.807, 2.05) is 12.1 Å². The van der Waals surface area contributed by atoms with Crippen LogP contribution in [0.5, 0.6) is 0 Å². The zero-order valence-corrected chi connectivity index (χ0v) is 8.49. The molecule has 1 aromatic heterocycles. The van der Waals surface area contributed by atoms with Crippen LogP contribution in [-0.4, -0.2) is 13.7 Å². The van der Waals surface area contributed by atoms with Crippen molar-refractivity contribution >= 4 is 22.9 Å². The molecule has 2 nitrogen and oxygen atoms in total. The van der Waals surface area contributed by atoms with E-state index in [1.54, 1.807) is 18.4 Å². The van der Waals surface area contributed by atoms with Crippen molar-refractivity contribution in [3.05, 3.63) is 21.3 Å². The van der Waals surface area contributed by atoms with Crippen LogP contribution in [0.15, 0.2) is 12.1 Å². The Balaban J connectivity index is 2.66. The first-order chi connectivity index (χ1) is 5.77. The highest BCUT2D eigenvalue weighted by Gasteiger charge is 2.11. The maximum Gasteiger partial charge on any atom is 0.0932 e. The van der Waals surface area contributed by atoms with Crippen LogP contribution >= 0.6 is 22.9 Å². The molecule has 0 bridgehead atoms. The van der Waals surface area contributed by atoms with Crippen LogP contribution < -0.4 is 5.73 Å². The lowest BCUT2D eigenvalue weighted by atomic mass is 10.2. The van der Waals surface area contributed by atoms with Crippen molar-refractivity contribution in [2.45, 2.75) is 12.5 Å². The van der Waals surface area contributed by atoms with Crippen LogP contribution in [0.1, 0.15) is 17.4 Å². The number of halogens is 1. The second kappa shape index (κ2) is 4.82. The van der Waals surface area contributed by atoms with E-state index in [9.17, 15) is 0 Å². The van der Waals surface area contributed by atoms with Gasteiger partial charge < -0.3 is 10.5 Å². The summed E-state index contributed by atoms with van der Waals surface area (Å²) in [7, 11) is 1.69. The molecule has 0 fully saturated rings. The zero-order valence-electron chi connectivity index (χ0n) is 6.92. The van der Waals surface area contributed by atoms with E-state index < -0.39 is 0 Å². The van der Waals surface area contributed by atoms with Gasteiger partial charge in [0.15, 0.2) is 0 Å². The summed E-state index contributed by atoms with van der Waals surface area (Å²) >= 11 is 7.34. The average Bonchev–Trinajstić information content (AvgIpc) is 2.47. The Bertz CT molecular complexity index is 239. The number of rotatable bonds is 4. The molecule has 1 atom stereocenters. The fourth-order valence-corrected chi connectivity index (χ4v) is 2.20. The van der Waals surface area contributed by atoms with Gasteiger partial charge in [0, 0.05) is 12.0 Å². The number of methoxy groups -OCH3 is 1. The third kappa shape index (κ3) is 2.45. The van der Waals surface area contributed by atoms with E-state index in [2.05, 4.69) is 0 Å². The molecule has 2 N–H and O–H groups in total. The van der Waals surface area contributed by atoms with E-state index in [4.69, 9.17) is 22.1 Å². The van der Waals surface area contributed by atoms with Gasteiger partial charge in [0.25, 0.3) is 0 Å². The van der Waals surface area contributed by atoms with Crippen molar-refractivity contribution in [2.75, 3.05) is 13.7 Å². The number of hydrogen-bond donors (Lipinski definition) is 1. The first-order valence-corrected chi connectivity index (χ1v) is 4.95. The minimum atomic E-state index is 0.104. The monoisotopic (exact) mass is 205 g/mol. The third-order valence-corrected chi connectivity index (χ3v) is 2.95. The highest BCUT2D eigenvalue weighted by molar-refractivity contribution is 7.16. The molecule has 0 aliphatic rings. The standard InChI is InChI=1S/C8H12ClNOS/c1-11-6(4-5-10)7-2-3-8(9)12-7/h2-3,6H,4-5,10H2,1H3. The molecular formula is C8H12ClNOS. The summed E-state index contributed by atoms with van der Waals surface area (Å²) in [6.07, 6.45) is 0.945. The van der Waals surface area contributed by atoms with E-state index in [0.29, 0.717) is 6.54 Å². The topological polar surface area (TPSA) is 35.2 Å². The van der Waals surface area contributed by atoms with Crippen molar-refractivity contribution in [1.29, 1.82) is 0 Å². The zero-order chi connectivity index (χ0) is 8.97. The molecule has 0 saturated heterocycles. The summed E-state index contributed by atoms with van der Waals surface area (Å²) in [5, 5.41) is 0. The second-order valence-electron chi connectivity index (χ2n) is 2.44. The summed E-state index contributed by atoms with van der Waals surface area (Å²) in [6, 6.07) is 3.86. The van der Waals surface area contributed by atoms with Gasteiger partial charge in [-0.2, -0.15) is 0 Å². The first-order valence-electron chi connectivity index (χ1n) is 3.76. The van der Waals surface area contributed by atoms with E-state index >= 15 is 0 Å². The van der Waals surface area contributed by atoms with Gasteiger partial charge in [0.2, 0.25) is 0 Å². The van der Waals surface area contributed by atoms with Crippen LogP contribution in [0.25, 0.3) is 0 Å². The van der Waals surface area contributed by atoms with Gasteiger partial charge >= 0.3 is 0 Å². The molecule has 12 heavy (non-hydrogen) atoms. The van der Waals surface area contributed by atoms with Crippen molar-refractivity contribution in [3.8, 4) is 0 Å².